The molecule has 2 aromatic rings. The predicted molar refractivity (Wildman–Crippen MR) is 98.2 cm³/mol. The minimum Gasteiger partial charge on any atom is -0.379 e. The summed E-state index contributed by atoms with van der Waals surface area (Å²) in [6.07, 6.45) is 6.41. The van der Waals surface area contributed by atoms with Crippen molar-refractivity contribution in [3.8, 4) is 0 Å². The number of ether oxygens (including phenoxy) is 1. The highest BCUT2D eigenvalue weighted by atomic mass is 16.5. The number of fused-ring (bicyclic) bond motifs is 1. The zero-order valence-electron chi connectivity index (χ0n) is 14.3. The van der Waals surface area contributed by atoms with Gasteiger partial charge in [0.1, 0.15) is 0 Å². The van der Waals surface area contributed by atoms with Crippen molar-refractivity contribution in [3.05, 3.63) is 48.2 Å². The van der Waals surface area contributed by atoms with Crippen LogP contribution in [0.15, 0.2) is 42.6 Å². The summed E-state index contributed by atoms with van der Waals surface area (Å²) >= 11 is 0. The van der Waals surface area contributed by atoms with Crippen molar-refractivity contribution >= 4 is 22.9 Å². The molecule has 5 nitrogen and oxygen atoms in total. The minimum atomic E-state index is 0.0868. The van der Waals surface area contributed by atoms with E-state index in [2.05, 4.69) is 9.88 Å². The van der Waals surface area contributed by atoms with Crippen LogP contribution >= 0.6 is 0 Å². The third-order valence-electron chi connectivity index (χ3n) is 5.11. The molecule has 0 bridgehead atoms. The molecule has 130 valence electrons. The van der Waals surface area contributed by atoms with Crippen LogP contribution < -0.4 is 0 Å². The maximum absolute atomic E-state index is 12.6. The molecule has 1 aromatic heterocycles. The van der Waals surface area contributed by atoms with Crippen LogP contribution in [-0.2, 0) is 9.53 Å². The van der Waals surface area contributed by atoms with Crippen molar-refractivity contribution < 1.29 is 9.53 Å². The van der Waals surface area contributed by atoms with Gasteiger partial charge in [-0.15, -0.1) is 0 Å². The van der Waals surface area contributed by atoms with Crippen LogP contribution in [0.5, 0.6) is 0 Å². The molecule has 4 rings (SSSR count). The summed E-state index contributed by atoms with van der Waals surface area (Å²) in [4.78, 5) is 21.4. The molecule has 0 saturated carbocycles. The average Bonchev–Trinajstić information content (AvgIpc) is 3.17. The first-order valence-electron chi connectivity index (χ1n) is 8.94. The molecular formula is C20H23N3O2. The van der Waals surface area contributed by atoms with Gasteiger partial charge in [0.15, 0.2) is 0 Å². The second-order valence-corrected chi connectivity index (χ2v) is 6.63. The number of pyridine rings is 1. The maximum atomic E-state index is 12.6. The number of para-hydroxylation sites is 1. The van der Waals surface area contributed by atoms with Crippen molar-refractivity contribution in [1.29, 1.82) is 0 Å². The smallest absolute Gasteiger partial charge is 0.246 e. The van der Waals surface area contributed by atoms with Crippen LogP contribution in [0, 0.1) is 0 Å². The Morgan fingerprint density at radius 2 is 2.00 bits per heavy atom. The maximum Gasteiger partial charge on any atom is 0.246 e. The second kappa shape index (κ2) is 7.33. The van der Waals surface area contributed by atoms with E-state index in [4.69, 9.17) is 4.74 Å². The Morgan fingerprint density at radius 3 is 2.88 bits per heavy atom. The molecule has 2 aliphatic heterocycles. The Morgan fingerprint density at radius 1 is 1.16 bits per heavy atom. The van der Waals surface area contributed by atoms with E-state index < -0.39 is 0 Å². The normalized spacial score (nSPS) is 22.1. The fraction of sp³-hybridized carbons (Fsp3) is 0.400. The lowest BCUT2D eigenvalue weighted by Gasteiger charge is -2.31. The van der Waals surface area contributed by atoms with Crippen molar-refractivity contribution in [2.45, 2.75) is 12.5 Å². The Kier molecular flexibility index (Phi) is 4.76. The number of amides is 1. The van der Waals surface area contributed by atoms with Crippen LogP contribution in [0.2, 0.25) is 0 Å². The molecule has 1 amide bonds. The molecule has 25 heavy (non-hydrogen) atoms. The summed E-state index contributed by atoms with van der Waals surface area (Å²) in [7, 11) is 0. The van der Waals surface area contributed by atoms with E-state index in [0.717, 1.165) is 62.3 Å². The van der Waals surface area contributed by atoms with Crippen LogP contribution in [0.1, 0.15) is 12.0 Å². The Labute approximate surface area is 147 Å². The Balaban J connectivity index is 1.42. The molecule has 0 aliphatic carbocycles. The molecule has 5 heteroatoms. The van der Waals surface area contributed by atoms with Gasteiger partial charge in [0.25, 0.3) is 0 Å². The van der Waals surface area contributed by atoms with E-state index in [-0.39, 0.29) is 5.91 Å². The van der Waals surface area contributed by atoms with Gasteiger partial charge >= 0.3 is 0 Å². The van der Waals surface area contributed by atoms with Crippen LogP contribution in [0.4, 0.5) is 0 Å². The SMILES string of the molecule is O=C(/C=C/c1cccc2cccnc12)N1CCC(N2CCOCC2)C1. The van der Waals surface area contributed by atoms with E-state index >= 15 is 0 Å². The first-order valence-corrected chi connectivity index (χ1v) is 8.94. The van der Waals surface area contributed by atoms with Gasteiger partial charge in [0.2, 0.25) is 5.91 Å². The number of aromatic nitrogens is 1. The van der Waals surface area contributed by atoms with Crippen molar-refractivity contribution in [2.24, 2.45) is 0 Å². The fourth-order valence-electron chi connectivity index (χ4n) is 3.71. The number of nitrogens with zero attached hydrogens (tertiary/aromatic N) is 3. The van der Waals surface area contributed by atoms with E-state index in [9.17, 15) is 4.79 Å². The molecule has 1 atom stereocenters. The molecular weight excluding hydrogens is 314 g/mol. The summed E-state index contributed by atoms with van der Waals surface area (Å²) in [6.45, 7) is 5.21. The number of hydrogen-bond donors (Lipinski definition) is 0. The highest BCUT2D eigenvalue weighted by Crippen LogP contribution is 2.19. The van der Waals surface area contributed by atoms with Crippen LogP contribution in [0.3, 0.4) is 0 Å². The number of carbonyl (C=O) groups is 1. The van der Waals surface area contributed by atoms with Gasteiger partial charge in [0, 0.05) is 55.4 Å². The molecule has 2 fully saturated rings. The largest absolute Gasteiger partial charge is 0.379 e. The van der Waals surface area contributed by atoms with Gasteiger partial charge in [0.05, 0.1) is 18.7 Å². The summed E-state index contributed by atoms with van der Waals surface area (Å²) in [5.41, 5.74) is 1.91. The zero-order valence-corrected chi connectivity index (χ0v) is 14.3. The van der Waals surface area contributed by atoms with Crippen molar-refractivity contribution in [2.75, 3.05) is 39.4 Å². The molecule has 2 saturated heterocycles. The Hall–Kier alpha value is -2.24. The number of benzene rings is 1. The van der Waals surface area contributed by atoms with Gasteiger partial charge in [-0.1, -0.05) is 24.3 Å². The number of morpholine rings is 1. The summed E-state index contributed by atoms with van der Waals surface area (Å²) in [6, 6.07) is 10.5. The van der Waals surface area contributed by atoms with Gasteiger partial charge < -0.3 is 9.64 Å². The predicted octanol–water partition coefficient (Wildman–Crippen LogP) is 2.18. The third-order valence-corrected chi connectivity index (χ3v) is 5.11. The highest BCUT2D eigenvalue weighted by Gasteiger charge is 2.30. The zero-order chi connectivity index (χ0) is 17.1. The summed E-state index contributed by atoms with van der Waals surface area (Å²) < 4.78 is 5.42. The average molecular weight is 337 g/mol. The molecule has 1 aromatic carbocycles. The van der Waals surface area contributed by atoms with Gasteiger partial charge in [-0.05, 0) is 18.6 Å². The standard InChI is InChI=1S/C20H23N3O2/c24-19(23-10-8-18(15-23)22-11-13-25-14-12-22)7-6-17-4-1-3-16-5-2-9-21-20(16)17/h1-7,9,18H,8,10-15H2/b7-6+. The number of hydrogen-bond acceptors (Lipinski definition) is 4. The third kappa shape index (κ3) is 3.57. The first kappa shape index (κ1) is 16.2. The van der Waals surface area contributed by atoms with E-state index in [1.165, 1.54) is 0 Å². The van der Waals surface area contributed by atoms with Crippen molar-refractivity contribution in [1.82, 2.24) is 14.8 Å². The summed E-state index contributed by atoms with van der Waals surface area (Å²) in [5, 5.41) is 1.09. The van der Waals surface area contributed by atoms with E-state index in [0.29, 0.717) is 6.04 Å². The molecule has 0 N–H and O–H groups in total. The molecule has 3 heterocycles. The number of likely N-dealkylation sites (tertiary alicyclic amines) is 1. The molecule has 0 spiro atoms. The first-order chi connectivity index (χ1) is 12.3. The molecule has 1 unspecified atom stereocenters. The number of rotatable bonds is 3. The fourth-order valence-corrected chi connectivity index (χ4v) is 3.71. The Bertz CT molecular complexity index is 778. The van der Waals surface area contributed by atoms with Gasteiger partial charge in [-0.3, -0.25) is 14.7 Å². The lowest BCUT2D eigenvalue weighted by molar-refractivity contribution is -0.125. The quantitative estimate of drug-likeness (QED) is 0.806. The topological polar surface area (TPSA) is 45.7 Å². The minimum absolute atomic E-state index is 0.0868. The van der Waals surface area contributed by atoms with Gasteiger partial charge in [-0.2, -0.15) is 0 Å². The second-order valence-electron chi connectivity index (χ2n) is 6.63. The van der Waals surface area contributed by atoms with E-state index in [1.54, 1.807) is 12.3 Å². The van der Waals surface area contributed by atoms with E-state index in [1.807, 2.05) is 41.3 Å². The highest BCUT2D eigenvalue weighted by molar-refractivity contribution is 5.95. The summed E-state index contributed by atoms with van der Waals surface area (Å²) in [5.74, 6) is 0.0868. The lowest BCUT2D eigenvalue weighted by Crippen LogP contribution is -2.45. The van der Waals surface area contributed by atoms with Gasteiger partial charge in [-0.25, -0.2) is 0 Å². The van der Waals surface area contributed by atoms with Crippen LogP contribution in [-0.4, -0.2) is 66.1 Å². The molecule has 0 radical (unpaired) electrons. The number of carbonyl (C=O) groups excluding carboxylic acids is 1. The lowest BCUT2D eigenvalue weighted by atomic mass is 10.1. The van der Waals surface area contributed by atoms with Crippen molar-refractivity contribution in [3.63, 3.8) is 0 Å². The monoisotopic (exact) mass is 337 g/mol. The molecule has 2 aliphatic rings. The van der Waals surface area contributed by atoms with Crippen LogP contribution in [0.25, 0.3) is 17.0 Å².